The van der Waals surface area contributed by atoms with Crippen molar-refractivity contribution in [3.8, 4) is 11.9 Å². The van der Waals surface area contributed by atoms with Crippen molar-refractivity contribution < 1.29 is 28.2 Å². The van der Waals surface area contributed by atoms with Gasteiger partial charge in [0, 0.05) is 23.1 Å². The summed E-state index contributed by atoms with van der Waals surface area (Å²) >= 11 is 0. The SMILES string of the molecule is Cc1cc(NC(=O)OC(C)(C)C)c(C(=O)c2ccc(F)c3c2cnn3C2CCCCO2)nc1OCC1(C#N)CC1. The molecule has 10 nitrogen and oxygen atoms in total. The molecule has 1 atom stereocenters. The molecular formula is C29H32FN5O5. The van der Waals surface area contributed by atoms with E-state index >= 15 is 4.39 Å². The summed E-state index contributed by atoms with van der Waals surface area (Å²) in [4.78, 5) is 31.2. The van der Waals surface area contributed by atoms with E-state index < -0.39 is 34.9 Å². The van der Waals surface area contributed by atoms with Crippen LogP contribution >= 0.6 is 0 Å². The zero-order chi connectivity index (χ0) is 28.7. The fourth-order valence-electron chi connectivity index (χ4n) is 4.65. The van der Waals surface area contributed by atoms with Crippen molar-refractivity contribution in [1.29, 1.82) is 5.26 Å². The number of fused-ring (bicyclic) bond motifs is 1. The van der Waals surface area contributed by atoms with Crippen LogP contribution in [0.15, 0.2) is 24.4 Å². The Morgan fingerprint density at radius 3 is 2.73 bits per heavy atom. The number of nitrogens with zero attached hydrogens (tertiary/aromatic N) is 4. The van der Waals surface area contributed by atoms with E-state index in [-0.39, 0.29) is 34.9 Å². The Hall–Kier alpha value is -4.04. The predicted molar refractivity (Wildman–Crippen MR) is 144 cm³/mol. The van der Waals surface area contributed by atoms with Gasteiger partial charge in [0.25, 0.3) is 0 Å². The van der Waals surface area contributed by atoms with Gasteiger partial charge in [-0.3, -0.25) is 10.1 Å². The Bertz CT molecular complexity index is 1510. The molecule has 2 aromatic heterocycles. The van der Waals surface area contributed by atoms with E-state index in [0.717, 1.165) is 25.7 Å². The molecule has 11 heteroatoms. The number of aryl methyl sites for hydroxylation is 1. The molecule has 0 spiro atoms. The zero-order valence-electron chi connectivity index (χ0n) is 23.0. The number of carbonyl (C=O) groups excluding carboxylic acids is 2. The van der Waals surface area contributed by atoms with E-state index in [2.05, 4.69) is 21.5 Å². The molecule has 210 valence electrons. The average Bonchev–Trinajstić information content (AvgIpc) is 3.55. The zero-order valence-corrected chi connectivity index (χ0v) is 23.0. The lowest BCUT2D eigenvalue weighted by molar-refractivity contribution is -0.0369. The monoisotopic (exact) mass is 549 g/mol. The highest BCUT2D eigenvalue weighted by Gasteiger charge is 2.44. The van der Waals surface area contributed by atoms with E-state index in [9.17, 15) is 14.9 Å². The molecule has 2 aliphatic rings. The van der Waals surface area contributed by atoms with Crippen molar-refractivity contribution >= 4 is 28.5 Å². The Morgan fingerprint density at radius 2 is 2.08 bits per heavy atom. The summed E-state index contributed by atoms with van der Waals surface area (Å²) in [6.07, 6.45) is 4.25. The molecule has 1 unspecified atom stereocenters. The second-order valence-corrected chi connectivity index (χ2v) is 11.4. The smallest absolute Gasteiger partial charge is 0.412 e. The van der Waals surface area contributed by atoms with Gasteiger partial charge in [-0.05, 0) is 78.0 Å². The highest BCUT2D eigenvalue weighted by atomic mass is 19.1. The van der Waals surface area contributed by atoms with Crippen LogP contribution in [-0.4, -0.2) is 45.5 Å². The van der Waals surface area contributed by atoms with Crippen molar-refractivity contribution in [2.24, 2.45) is 5.41 Å². The molecule has 1 amide bonds. The minimum Gasteiger partial charge on any atom is -0.476 e. The van der Waals surface area contributed by atoms with Crippen LogP contribution in [0.3, 0.4) is 0 Å². The molecule has 1 saturated heterocycles. The van der Waals surface area contributed by atoms with Gasteiger partial charge in [-0.1, -0.05) is 0 Å². The first-order valence-corrected chi connectivity index (χ1v) is 13.4. The third kappa shape index (κ3) is 5.63. The number of nitriles is 1. The molecule has 1 aliphatic heterocycles. The standard InChI is InChI=1S/C29H32FN5O5/c1-17-13-21(33-27(37)40-28(2,3)4)23(34-26(17)39-16-29(15-31)10-11-29)25(36)18-8-9-20(30)24-19(18)14-32-35(24)22-7-5-6-12-38-22/h8-9,13-14,22H,5-7,10-12,16H2,1-4H3,(H,33,37). The lowest BCUT2D eigenvalue weighted by Gasteiger charge is -2.23. The number of hydrogen-bond donors (Lipinski definition) is 1. The van der Waals surface area contributed by atoms with Crippen LogP contribution in [0.5, 0.6) is 5.88 Å². The molecule has 1 aromatic carbocycles. The predicted octanol–water partition coefficient (Wildman–Crippen LogP) is 5.84. The minimum atomic E-state index is -0.769. The molecule has 1 aliphatic carbocycles. The number of nitrogens with one attached hydrogen (secondary N) is 1. The van der Waals surface area contributed by atoms with Gasteiger partial charge in [0.05, 0.1) is 23.4 Å². The number of benzene rings is 1. The number of anilines is 1. The number of ketones is 1. The number of rotatable bonds is 7. The van der Waals surface area contributed by atoms with Crippen molar-refractivity contribution in [1.82, 2.24) is 14.8 Å². The number of amides is 1. The van der Waals surface area contributed by atoms with E-state index in [0.29, 0.717) is 24.0 Å². The maximum atomic E-state index is 15.1. The summed E-state index contributed by atoms with van der Waals surface area (Å²) in [7, 11) is 0. The molecule has 1 saturated carbocycles. The Labute approximate surface area is 231 Å². The van der Waals surface area contributed by atoms with Gasteiger partial charge in [-0.15, -0.1) is 0 Å². The van der Waals surface area contributed by atoms with Gasteiger partial charge < -0.3 is 14.2 Å². The number of halogens is 1. The number of aromatic nitrogens is 3. The second kappa shape index (κ2) is 10.5. The highest BCUT2D eigenvalue weighted by Crippen LogP contribution is 2.45. The first-order valence-electron chi connectivity index (χ1n) is 13.4. The molecule has 3 aromatic rings. The van der Waals surface area contributed by atoms with E-state index in [1.165, 1.54) is 23.0 Å². The second-order valence-electron chi connectivity index (χ2n) is 11.4. The van der Waals surface area contributed by atoms with E-state index in [1.54, 1.807) is 33.8 Å². The van der Waals surface area contributed by atoms with Gasteiger partial charge in [0.15, 0.2) is 6.23 Å². The van der Waals surface area contributed by atoms with Crippen LogP contribution < -0.4 is 10.1 Å². The van der Waals surface area contributed by atoms with Gasteiger partial charge >= 0.3 is 6.09 Å². The summed E-state index contributed by atoms with van der Waals surface area (Å²) in [6.45, 7) is 7.60. The minimum absolute atomic E-state index is 0.108. The molecular weight excluding hydrogens is 517 g/mol. The lowest BCUT2D eigenvalue weighted by atomic mass is 10.0. The highest BCUT2D eigenvalue weighted by molar-refractivity contribution is 6.18. The summed E-state index contributed by atoms with van der Waals surface area (Å²) < 4.78 is 33.7. The number of carbonyl (C=O) groups is 2. The Morgan fingerprint density at radius 1 is 1.30 bits per heavy atom. The molecule has 2 fully saturated rings. The van der Waals surface area contributed by atoms with E-state index in [4.69, 9.17) is 14.2 Å². The Balaban J connectivity index is 1.55. The largest absolute Gasteiger partial charge is 0.476 e. The van der Waals surface area contributed by atoms with Gasteiger partial charge in [-0.2, -0.15) is 10.4 Å². The van der Waals surface area contributed by atoms with Crippen LogP contribution in [0.1, 0.15) is 80.7 Å². The molecule has 1 N–H and O–H groups in total. The fraction of sp³-hybridized carbons (Fsp3) is 0.483. The molecule has 0 radical (unpaired) electrons. The number of pyridine rings is 1. The molecule has 40 heavy (non-hydrogen) atoms. The first kappa shape index (κ1) is 27.5. The van der Waals surface area contributed by atoms with Crippen molar-refractivity contribution in [3.05, 3.63) is 47.0 Å². The van der Waals surface area contributed by atoms with Crippen LogP contribution in [0.2, 0.25) is 0 Å². The van der Waals surface area contributed by atoms with Gasteiger partial charge in [0.1, 0.15) is 29.2 Å². The molecule has 3 heterocycles. The van der Waals surface area contributed by atoms with Crippen molar-refractivity contribution in [3.63, 3.8) is 0 Å². The average molecular weight is 550 g/mol. The third-order valence-electron chi connectivity index (χ3n) is 6.97. The number of ether oxygens (including phenoxy) is 3. The van der Waals surface area contributed by atoms with Crippen LogP contribution in [-0.2, 0) is 9.47 Å². The lowest BCUT2D eigenvalue weighted by Crippen LogP contribution is -2.28. The fourth-order valence-corrected chi connectivity index (χ4v) is 4.65. The first-order chi connectivity index (χ1) is 19.0. The van der Waals surface area contributed by atoms with Crippen LogP contribution in [0.25, 0.3) is 10.9 Å². The van der Waals surface area contributed by atoms with Crippen LogP contribution in [0, 0.1) is 29.5 Å². The van der Waals surface area contributed by atoms with Crippen molar-refractivity contribution in [2.75, 3.05) is 18.5 Å². The maximum Gasteiger partial charge on any atom is 0.412 e. The summed E-state index contributed by atoms with van der Waals surface area (Å²) in [5.41, 5.74) is -0.438. The summed E-state index contributed by atoms with van der Waals surface area (Å²) in [5, 5.41) is 16.7. The quantitative estimate of drug-likeness (QED) is 0.364. The van der Waals surface area contributed by atoms with E-state index in [1.807, 2.05) is 0 Å². The van der Waals surface area contributed by atoms with Gasteiger partial charge in [-0.25, -0.2) is 18.9 Å². The Kier molecular flexibility index (Phi) is 7.23. The molecule has 0 bridgehead atoms. The van der Waals surface area contributed by atoms with Crippen molar-refractivity contribution in [2.45, 2.75) is 71.6 Å². The summed E-state index contributed by atoms with van der Waals surface area (Å²) in [5.74, 6) is -0.923. The third-order valence-corrected chi connectivity index (χ3v) is 6.97. The molecule has 5 rings (SSSR count). The normalized spacial score (nSPS) is 18.1. The van der Waals surface area contributed by atoms with Crippen LogP contribution in [0.4, 0.5) is 14.9 Å². The van der Waals surface area contributed by atoms with Gasteiger partial charge in [0.2, 0.25) is 11.7 Å². The topological polar surface area (TPSA) is 128 Å². The number of hydrogen-bond acceptors (Lipinski definition) is 8. The summed E-state index contributed by atoms with van der Waals surface area (Å²) in [6, 6.07) is 6.44. The maximum absolute atomic E-state index is 15.1.